The summed E-state index contributed by atoms with van der Waals surface area (Å²) in [5.74, 6) is 0. The Kier molecular flexibility index (Phi) is 5.90. The molecule has 0 N–H and O–H groups in total. The molecule has 2 aliphatic heterocycles. The highest BCUT2D eigenvalue weighted by Crippen LogP contribution is 2.36. The average Bonchev–Trinajstić information content (AvgIpc) is 3.10. The van der Waals surface area contributed by atoms with E-state index in [1.807, 2.05) is 53.7 Å². The zero-order valence-electron chi connectivity index (χ0n) is 19.5. The molecule has 0 saturated carbocycles. The van der Waals surface area contributed by atoms with Crippen LogP contribution in [0, 0.1) is 0 Å². The lowest BCUT2D eigenvalue weighted by molar-refractivity contribution is -0.0133. The third-order valence-electron chi connectivity index (χ3n) is 5.78. The van der Waals surface area contributed by atoms with Gasteiger partial charge in [0.2, 0.25) is 9.76 Å². The highest BCUT2D eigenvalue weighted by molar-refractivity contribution is 6.61. The van der Waals surface area contributed by atoms with E-state index >= 15 is 0 Å². The molecule has 2 saturated heterocycles. The number of cyclic esters (lactones) is 1. The van der Waals surface area contributed by atoms with Crippen LogP contribution in [0.15, 0.2) is 18.3 Å². The topological polar surface area (TPSA) is 70.1 Å². The molecule has 2 fully saturated rings. The number of carbonyl (C=O) groups is 1. The minimum atomic E-state index is -0.577. The van der Waals surface area contributed by atoms with Gasteiger partial charge in [-0.25, -0.2) is 4.79 Å². The minimum Gasteiger partial charge on any atom is -0.441 e. The van der Waals surface area contributed by atoms with Crippen LogP contribution in [0.2, 0.25) is 5.04 Å². The van der Waals surface area contributed by atoms with Gasteiger partial charge in [0.05, 0.1) is 40.8 Å². The maximum Gasteiger partial charge on any atom is 0.514 e. The second kappa shape index (κ2) is 7.62. The Hall–Kier alpha value is -1.42. The number of pyridine rings is 1. The normalized spacial score (nSPS) is 23.8. The monoisotopic (exact) mass is 432 g/mol. The molecule has 0 unspecified atom stereocenters. The summed E-state index contributed by atoms with van der Waals surface area (Å²) in [6.45, 7) is 18.7. The average molecular weight is 432 g/mol. The Morgan fingerprint density at radius 1 is 1.13 bits per heavy atom. The summed E-state index contributed by atoms with van der Waals surface area (Å²) in [5.41, 5.74) is -0.0768. The van der Waals surface area contributed by atoms with Crippen molar-refractivity contribution in [2.75, 3.05) is 11.4 Å². The van der Waals surface area contributed by atoms with Gasteiger partial charge in [0, 0.05) is 0 Å². The molecule has 9 heteroatoms. The van der Waals surface area contributed by atoms with Gasteiger partial charge in [-0.1, -0.05) is 20.8 Å². The van der Waals surface area contributed by atoms with Gasteiger partial charge >= 0.3 is 13.2 Å². The Labute approximate surface area is 182 Å². The van der Waals surface area contributed by atoms with E-state index < -0.39 is 23.9 Å². The number of nitrogens with zero attached hydrogens (tertiary/aromatic N) is 2. The standard InChI is InChI=1S/C21H33BN2O5Si/c1-18(2,3)30-29-19(4,5)15-13-24(17(25)26-15)14-10-11-16(23-12-14)22-27-20(6,7)21(8,9)28-22/h10-12,15H,13H2,1-9H3/t15-/m1/s1. The van der Waals surface area contributed by atoms with E-state index in [9.17, 15) is 4.79 Å². The lowest BCUT2D eigenvalue weighted by Gasteiger charge is -2.32. The van der Waals surface area contributed by atoms with Crippen LogP contribution in [0.5, 0.6) is 0 Å². The first-order valence-electron chi connectivity index (χ1n) is 10.4. The summed E-state index contributed by atoms with van der Waals surface area (Å²) >= 11 is 0. The first kappa shape index (κ1) is 23.2. The predicted molar refractivity (Wildman–Crippen MR) is 118 cm³/mol. The molecular formula is C21H33BN2O5Si. The summed E-state index contributed by atoms with van der Waals surface area (Å²) in [5, 5.41) is 0.0623. The van der Waals surface area contributed by atoms with Gasteiger partial charge in [-0.15, -0.1) is 0 Å². The van der Waals surface area contributed by atoms with E-state index in [2.05, 4.69) is 25.8 Å². The van der Waals surface area contributed by atoms with Crippen molar-refractivity contribution in [3.05, 3.63) is 18.3 Å². The van der Waals surface area contributed by atoms with Gasteiger partial charge in [0.1, 0.15) is 6.10 Å². The lowest BCUT2D eigenvalue weighted by Crippen LogP contribution is -2.44. The third-order valence-corrected chi connectivity index (χ3v) is 7.03. The summed E-state index contributed by atoms with van der Waals surface area (Å²) in [6, 6.07) is 3.68. The number of carbonyl (C=O) groups excluding carboxylic acids is 1. The van der Waals surface area contributed by atoms with Crippen molar-refractivity contribution in [2.45, 2.75) is 90.3 Å². The van der Waals surface area contributed by atoms with E-state index in [1.54, 1.807) is 11.1 Å². The highest BCUT2D eigenvalue weighted by atomic mass is 28.2. The minimum absolute atomic E-state index is 0.0623. The van der Waals surface area contributed by atoms with Crippen molar-refractivity contribution in [2.24, 2.45) is 0 Å². The van der Waals surface area contributed by atoms with Gasteiger partial charge in [-0.05, 0) is 58.7 Å². The Bertz CT molecular complexity index is 776. The Morgan fingerprint density at radius 3 is 2.23 bits per heavy atom. The van der Waals surface area contributed by atoms with E-state index in [4.69, 9.17) is 18.5 Å². The molecule has 30 heavy (non-hydrogen) atoms. The van der Waals surface area contributed by atoms with Crippen LogP contribution < -0.4 is 10.5 Å². The molecule has 3 heterocycles. The second-order valence-electron chi connectivity index (χ2n) is 10.6. The van der Waals surface area contributed by atoms with Gasteiger partial charge in [0.25, 0.3) is 0 Å². The molecule has 3 rings (SSSR count). The number of hydrogen-bond acceptors (Lipinski definition) is 6. The van der Waals surface area contributed by atoms with E-state index in [0.29, 0.717) is 27.6 Å². The maximum absolute atomic E-state index is 12.5. The van der Waals surface area contributed by atoms with E-state index in [0.717, 1.165) is 0 Å². The quantitative estimate of drug-likeness (QED) is 0.665. The predicted octanol–water partition coefficient (Wildman–Crippen LogP) is 3.34. The van der Waals surface area contributed by atoms with Crippen LogP contribution >= 0.6 is 0 Å². The second-order valence-corrected chi connectivity index (χ2v) is 12.5. The number of amides is 1. The molecule has 0 aliphatic carbocycles. The van der Waals surface area contributed by atoms with Crippen molar-refractivity contribution in [3.8, 4) is 0 Å². The van der Waals surface area contributed by atoms with Crippen LogP contribution in [0.25, 0.3) is 0 Å². The Morgan fingerprint density at radius 2 is 1.73 bits per heavy atom. The molecule has 0 bridgehead atoms. The molecule has 2 radical (unpaired) electrons. The molecule has 1 amide bonds. The maximum atomic E-state index is 12.5. The molecule has 1 aromatic rings. The number of rotatable bonds is 5. The molecule has 7 nitrogen and oxygen atoms in total. The van der Waals surface area contributed by atoms with Crippen LogP contribution in [-0.4, -0.2) is 57.4 Å². The highest BCUT2D eigenvalue weighted by Gasteiger charge is 2.52. The first-order chi connectivity index (χ1) is 13.6. The van der Waals surface area contributed by atoms with Crippen LogP contribution in [-0.2, 0) is 18.5 Å². The van der Waals surface area contributed by atoms with Gasteiger partial charge in [-0.3, -0.25) is 9.88 Å². The largest absolute Gasteiger partial charge is 0.514 e. The summed E-state index contributed by atoms with van der Waals surface area (Å²) < 4.78 is 23.8. The van der Waals surface area contributed by atoms with Gasteiger partial charge in [-0.2, -0.15) is 0 Å². The van der Waals surface area contributed by atoms with Crippen molar-refractivity contribution >= 4 is 34.3 Å². The number of ether oxygens (including phenoxy) is 1. The van der Waals surface area contributed by atoms with Crippen molar-refractivity contribution < 1.29 is 23.3 Å². The number of aromatic nitrogens is 1. The SMILES string of the molecule is CC(C)(C)[Si]OC(C)(C)[C@H]1CN(c2ccc(B3OC(C)(C)C(C)(C)O3)nc2)C(=O)O1. The van der Waals surface area contributed by atoms with Gasteiger partial charge < -0.3 is 18.5 Å². The third kappa shape index (κ3) is 4.74. The smallest absolute Gasteiger partial charge is 0.441 e. The van der Waals surface area contributed by atoms with Crippen molar-refractivity contribution in [3.63, 3.8) is 0 Å². The lowest BCUT2D eigenvalue weighted by atomic mass is 9.84. The van der Waals surface area contributed by atoms with Crippen molar-refractivity contribution in [1.29, 1.82) is 0 Å². The molecule has 0 aromatic carbocycles. The first-order valence-corrected chi connectivity index (χ1v) is 11.3. The summed E-state index contributed by atoms with van der Waals surface area (Å²) in [6.07, 6.45) is 0.915. The summed E-state index contributed by atoms with van der Waals surface area (Å²) in [7, 11) is -0.222. The Balaban J connectivity index is 1.68. The molecule has 1 atom stereocenters. The van der Waals surface area contributed by atoms with Gasteiger partial charge in [0.15, 0.2) is 0 Å². The van der Waals surface area contributed by atoms with E-state index in [1.165, 1.54) is 0 Å². The molecule has 164 valence electrons. The fourth-order valence-electron chi connectivity index (χ4n) is 3.05. The van der Waals surface area contributed by atoms with Crippen molar-refractivity contribution in [1.82, 2.24) is 4.98 Å². The fourth-order valence-corrected chi connectivity index (χ4v) is 3.75. The van der Waals surface area contributed by atoms with Crippen LogP contribution in [0.1, 0.15) is 62.3 Å². The van der Waals surface area contributed by atoms with Crippen LogP contribution in [0.3, 0.4) is 0 Å². The van der Waals surface area contributed by atoms with E-state index in [-0.39, 0.29) is 17.2 Å². The molecule has 2 aliphatic rings. The number of hydrogen-bond donors (Lipinski definition) is 0. The molecular weight excluding hydrogens is 399 g/mol. The molecule has 0 spiro atoms. The summed E-state index contributed by atoms with van der Waals surface area (Å²) in [4.78, 5) is 18.6. The zero-order chi connectivity index (χ0) is 22.5. The fraction of sp³-hybridized carbons (Fsp3) is 0.714. The zero-order valence-corrected chi connectivity index (χ0v) is 20.5. The number of anilines is 1. The van der Waals surface area contributed by atoms with Crippen LogP contribution in [0.4, 0.5) is 10.5 Å². The molecule has 1 aromatic heterocycles.